The lowest BCUT2D eigenvalue weighted by atomic mass is 10.1. The fraction of sp³-hybridized carbons (Fsp3) is 0.200. The third-order valence-electron chi connectivity index (χ3n) is 2.74. The molecular weight excluding hydrogens is 256 g/mol. The van der Waals surface area contributed by atoms with Crippen molar-refractivity contribution in [1.82, 2.24) is 10.3 Å². The van der Waals surface area contributed by atoms with Gasteiger partial charge in [0.15, 0.2) is 0 Å². The molecule has 1 N–H and O–H groups in total. The van der Waals surface area contributed by atoms with Gasteiger partial charge >= 0.3 is 0 Å². The van der Waals surface area contributed by atoms with Crippen molar-refractivity contribution in [2.75, 3.05) is 6.26 Å². The fourth-order valence-corrected chi connectivity index (χ4v) is 2.39. The van der Waals surface area contributed by atoms with Crippen molar-refractivity contribution < 1.29 is 4.79 Å². The molecule has 0 aliphatic carbocycles. The number of benzene rings is 1. The SMILES string of the molecule is CSc1ccccc1CC(=O)NCc1ccccn1. The van der Waals surface area contributed by atoms with Gasteiger partial charge in [0.05, 0.1) is 18.7 Å². The summed E-state index contributed by atoms with van der Waals surface area (Å²) in [6.07, 6.45) is 4.15. The topological polar surface area (TPSA) is 42.0 Å². The van der Waals surface area contributed by atoms with E-state index in [4.69, 9.17) is 0 Å². The second-order valence-electron chi connectivity index (χ2n) is 4.09. The van der Waals surface area contributed by atoms with E-state index in [0.29, 0.717) is 13.0 Å². The number of hydrogen-bond donors (Lipinski definition) is 1. The minimum absolute atomic E-state index is 0.0205. The largest absolute Gasteiger partial charge is 0.350 e. The molecule has 1 aromatic heterocycles. The van der Waals surface area contributed by atoms with Gasteiger partial charge in [-0.1, -0.05) is 24.3 Å². The summed E-state index contributed by atoms with van der Waals surface area (Å²) < 4.78 is 0. The number of amides is 1. The standard InChI is InChI=1S/C15H16N2OS/c1-19-14-8-3-2-6-12(14)10-15(18)17-11-13-7-4-5-9-16-13/h2-9H,10-11H2,1H3,(H,17,18). The number of nitrogens with one attached hydrogen (secondary N) is 1. The lowest BCUT2D eigenvalue weighted by Crippen LogP contribution is -2.25. The number of carbonyl (C=O) groups is 1. The van der Waals surface area contributed by atoms with Crippen molar-refractivity contribution in [3.63, 3.8) is 0 Å². The lowest BCUT2D eigenvalue weighted by molar-refractivity contribution is -0.120. The van der Waals surface area contributed by atoms with Crippen LogP contribution < -0.4 is 5.32 Å². The fourth-order valence-electron chi connectivity index (χ4n) is 1.78. The van der Waals surface area contributed by atoms with Crippen LogP contribution in [-0.2, 0) is 17.8 Å². The van der Waals surface area contributed by atoms with Gasteiger partial charge < -0.3 is 5.32 Å². The Bertz CT molecular complexity index is 543. The molecule has 0 aliphatic heterocycles. The normalized spacial score (nSPS) is 10.2. The van der Waals surface area contributed by atoms with Gasteiger partial charge in [-0.2, -0.15) is 0 Å². The van der Waals surface area contributed by atoms with E-state index in [1.54, 1.807) is 18.0 Å². The molecule has 0 saturated carbocycles. The number of thioether (sulfide) groups is 1. The monoisotopic (exact) mass is 272 g/mol. The lowest BCUT2D eigenvalue weighted by Gasteiger charge is -2.08. The Hall–Kier alpha value is -1.81. The third-order valence-corrected chi connectivity index (χ3v) is 3.57. The summed E-state index contributed by atoms with van der Waals surface area (Å²) in [5.74, 6) is 0.0205. The third kappa shape index (κ3) is 4.10. The van der Waals surface area contributed by atoms with Crippen molar-refractivity contribution in [3.05, 3.63) is 59.9 Å². The summed E-state index contributed by atoms with van der Waals surface area (Å²) >= 11 is 1.66. The molecule has 2 rings (SSSR count). The van der Waals surface area contributed by atoms with E-state index in [0.717, 1.165) is 16.2 Å². The maximum absolute atomic E-state index is 11.9. The molecule has 0 saturated heterocycles. The van der Waals surface area contributed by atoms with Crippen LogP contribution in [0.2, 0.25) is 0 Å². The number of hydrogen-bond acceptors (Lipinski definition) is 3. The molecule has 1 heterocycles. The minimum Gasteiger partial charge on any atom is -0.350 e. The molecule has 0 fully saturated rings. The Morgan fingerprint density at radius 2 is 2.00 bits per heavy atom. The Kier molecular flexibility index (Phi) is 4.98. The van der Waals surface area contributed by atoms with Crippen LogP contribution in [0.5, 0.6) is 0 Å². The Morgan fingerprint density at radius 3 is 2.74 bits per heavy atom. The number of rotatable bonds is 5. The smallest absolute Gasteiger partial charge is 0.224 e. The van der Waals surface area contributed by atoms with Gasteiger partial charge in [-0.3, -0.25) is 9.78 Å². The van der Waals surface area contributed by atoms with E-state index >= 15 is 0 Å². The van der Waals surface area contributed by atoms with Crippen molar-refractivity contribution in [2.24, 2.45) is 0 Å². The molecule has 1 aromatic carbocycles. The first-order valence-electron chi connectivity index (χ1n) is 6.08. The van der Waals surface area contributed by atoms with Crippen LogP contribution in [0.15, 0.2) is 53.6 Å². The maximum Gasteiger partial charge on any atom is 0.224 e. The quantitative estimate of drug-likeness (QED) is 0.851. The molecule has 0 atom stereocenters. The molecule has 2 aromatic rings. The molecular formula is C15H16N2OS. The Labute approximate surface area is 117 Å². The van der Waals surface area contributed by atoms with E-state index in [1.165, 1.54) is 0 Å². The molecule has 0 unspecified atom stereocenters. The van der Waals surface area contributed by atoms with Crippen molar-refractivity contribution in [2.45, 2.75) is 17.9 Å². The highest BCUT2D eigenvalue weighted by molar-refractivity contribution is 7.98. The van der Waals surface area contributed by atoms with Crippen LogP contribution in [-0.4, -0.2) is 17.1 Å². The molecule has 0 aliphatic rings. The predicted octanol–water partition coefficient (Wildman–Crippen LogP) is 2.66. The van der Waals surface area contributed by atoms with E-state index in [1.807, 2.05) is 48.7 Å². The van der Waals surface area contributed by atoms with Crippen LogP contribution >= 0.6 is 11.8 Å². The molecule has 0 spiro atoms. The summed E-state index contributed by atoms with van der Waals surface area (Å²) in [5, 5.41) is 2.89. The first kappa shape index (κ1) is 13.6. The molecule has 1 amide bonds. The van der Waals surface area contributed by atoms with Crippen LogP contribution in [0.25, 0.3) is 0 Å². The van der Waals surface area contributed by atoms with Gasteiger partial charge in [0.1, 0.15) is 0 Å². The molecule has 4 heteroatoms. The molecule has 0 radical (unpaired) electrons. The highest BCUT2D eigenvalue weighted by Gasteiger charge is 2.07. The predicted molar refractivity (Wildman–Crippen MR) is 78.0 cm³/mol. The van der Waals surface area contributed by atoms with Crippen molar-refractivity contribution in [3.8, 4) is 0 Å². The van der Waals surface area contributed by atoms with Gasteiger partial charge in [0, 0.05) is 11.1 Å². The summed E-state index contributed by atoms with van der Waals surface area (Å²) in [4.78, 5) is 17.2. The zero-order chi connectivity index (χ0) is 13.5. The summed E-state index contributed by atoms with van der Waals surface area (Å²) in [5.41, 5.74) is 1.93. The maximum atomic E-state index is 11.9. The second-order valence-corrected chi connectivity index (χ2v) is 4.93. The van der Waals surface area contributed by atoms with Gasteiger partial charge in [0.2, 0.25) is 5.91 Å². The van der Waals surface area contributed by atoms with Crippen molar-refractivity contribution >= 4 is 17.7 Å². The first-order valence-corrected chi connectivity index (χ1v) is 7.30. The number of nitrogens with zero attached hydrogens (tertiary/aromatic N) is 1. The number of pyridine rings is 1. The first-order chi connectivity index (χ1) is 9.29. The Balaban J connectivity index is 1.91. The van der Waals surface area contributed by atoms with Crippen LogP contribution in [0.1, 0.15) is 11.3 Å². The number of aromatic nitrogens is 1. The van der Waals surface area contributed by atoms with E-state index in [2.05, 4.69) is 10.3 Å². The van der Waals surface area contributed by atoms with E-state index in [9.17, 15) is 4.79 Å². The zero-order valence-electron chi connectivity index (χ0n) is 10.8. The zero-order valence-corrected chi connectivity index (χ0v) is 11.6. The number of carbonyl (C=O) groups excluding carboxylic acids is 1. The molecule has 0 bridgehead atoms. The average molecular weight is 272 g/mol. The average Bonchev–Trinajstić information content (AvgIpc) is 2.47. The summed E-state index contributed by atoms with van der Waals surface area (Å²) in [6.45, 7) is 0.473. The molecule has 19 heavy (non-hydrogen) atoms. The molecule has 3 nitrogen and oxygen atoms in total. The van der Waals surface area contributed by atoms with E-state index < -0.39 is 0 Å². The van der Waals surface area contributed by atoms with Crippen LogP contribution in [0.4, 0.5) is 0 Å². The minimum atomic E-state index is 0.0205. The second kappa shape index (κ2) is 6.95. The highest BCUT2D eigenvalue weighted by Crippen LogP contribution is 2.20. The summed E-state index contributed by atoms with van der Waals surface area (Å²) in [7, 11) is 0. The Morgan fingerprint density at radius 1 is 1.21 bits per heavy atom. The van der Waals surface area contributed by atoms with Crippen molar-refractivity contribution in [1.29, 1.82) is 0 Å². The van der Waals surface area contributed by atoms with Gasteiger partial charge in [0.25, 0.3) is 0 Å². The van der Waals surface area contributed by atoms with E-state index in [-0.39, 0.29) is 5.91 Å². The van der Waals surface area contributed by atoms with Crippen LogP contribution in [0.3, 0.4) is 0 Å². The van der Waals surface area contributed by atoms with Gasteiger partial charge in [-0.15, -0.1) is 11.8 Å². The van der Waals surface area contributed by atoms with Crippen LogP contribution in [0, 0.1) is 0 Å². The van der Waals surface area contributed by atoms with Gasteiger partial charge in [-0.25, -0.2) is 0 Å². The highest BCUT2D eigenvalue weighted by atomic mass is 32.2. The van der Waals surface area contributed by atoms with Gasteiger partial charge in [-0.05, 0) is 30.0 Å². The summed E-state index contributed by atoms with van der Waals surface area (Å²) in [6, 6.07) is 13.6. The molecule has 98 valence electrons.